The molecule has 0 radical (unpaired) electrons. The maximum absolute atomic E-state index is 13.9. The van der Waals surface area contributed by atoms with Crippen molar-refractivity contribution in [2.45, 2.75) is 12.5 Å². The van der Waals surface area contributed by atoms with Crippen LogP contribution in [-0.4, -0.2) is 14.2 Å². The Bertz CT molecular complexity index is 605. The minimum atomic E-state index is -0.315. The molecule has 0 fully saturated rings. The van der Waals surface area contributed by atoms with Crippen molar-refractivity contribution in [1.29, 1.82) is 0 Å². The number of rotatable bonds is 6. The fourth-order valence-electron chi connectivity index (χ4n) is 2.26. The minimum Gasteiger partial charge on any atom is -0.493 e. The Hall–Kier alpha value is -2.11. The molecule has 112 valence electrons. The molecule has 0 aliphatic heterocycles. The molecule has 0 saturated heterocycles. The Morgan fingerprint density at radius 2 is 1.81 bits per heavy atom. The minimum absolute atomic E-state index is 0.277. The number of halogens is 1. The topological polar surface area (TPSA) is 56.5 Å². The van der Waals surface area contributed by atoms with Gasteiger partial charge in [0.05, 0.1) is 20.3 Å². The Kier molecular flexibility index (Phi) is 5.14. The first-order valence-electron chi connectivity index (χ1n) is 6.61. The SMILES string of the molecule is COc1ccc(CC(NN)c2ccccc2F)cc1OC. The largest absolute Gasteiger partial charge is 0.493 e. The molecular weight excluding hydrogens is 271 g/mol. The Balaban J connectivity index is 2.25. The van der Waals surface area contributed by atoms with Gasteiger partial charge in [0, 0.05) is 5.56 Å². The van der Waals surface area contributed by atoms with E-state index in [9.17, 15) is 4.39 Å². The number of methoxy groups -OCH3 is 2. The molecule has 1 atom stereocenters. The molecule has 5 heteroatoms. The average molecular weight is 290 g/mol. The van der Waals surface area contributed by atoms with Gasteiger partial charge in [-0.1, -0.05) is 24.3 Å². The van der Waals surface area contributed by atoms with Gasteiger partial charge in [-0.2, -0.15) is 0 Å². The number of nitrogens with two attached hydrogens (primary N) is 1. The van der Waals surface area contributed by atoms with E-state index in [1.165, 1.54) is 6.07 Å². The van der Waals surface area contributed by atoms with Gasteiger partial charge in [0.1, 0.15) is 5.82 Å². The molecule has 1 unspecified atom stereocenters. The second-order valence-electron chi connectivity index (χ2n) is 4.63. The maximum atomic E-state index is 13.9. The number of hydrogen-bond donors (Lipinski definition) is 2. The molecule has 2 rings (SSSR count). The fraction of sp³-hybridized carbons (Fsp3) is 0.250. The summed E-state index contributed by atoms with van der Waals surface area (Å²) in [5.74, 6) is 6.59. The van der Waals surface area contributed by atoms with Crippen LogP contribution in [0, 0.1) is 5.82 Å². The van der Waals surface area contributed by atoms with Crippen LogP contribution in [0.3, 0.4) is 0 Å². The lowest BCUT2D eigenvalue weighted by Gasteiger charge is -2.18. The lowest BCUT2D eigenvalue weighted by molar-refractivity contribution is 0.354. The van der Waals surface area contributed by atoms with E-state index in [2.05, 4.69) is 5.43 Å². The van der Waals surface area contributed by atoms with E-state index in [4.69, 9.17) is 15.3 Å². The predicted molar refractivity (Wildman–Crippen MR) is 79.7 cm³/mol. The Morgan fingerprint density at radius 1 is 1.10 bits per heavy atom. The Labute approximate surface area is 123 Å². The molecule has 0 heterocycles. The van der Waals surface area contributed by atoms with Crippen molar-refractivity contribution in [2.24, 2.45) is 5.84 Å². The van der Waals surface area contributed by atoms with Crippen LogP contribution in [0.5, 0.6) is 11.5 Å². The monoisotopic (exact) mass is 290 g/mol. The van der Waals surface area contributed by atoms with Gasteiger partial charge in [0.2, 0.25) is 0 Å². The van der Waals surface area contributed by atoms with Crippen LogP contribution < -0.4 is 20.7 Å². The van der Waals surface area contributed by atoms with Crippen molar-refractivity contribution in [3.63, 3.8) is 0 Å². The van der Waals surface area contributed by atoms with E-state index in [0.29, 0.717) is 23.5 Å². The molecule has 0 aliphatic rings. The zero-order chi connectivity index (χ0) is 15.2. The molecule has 2 aromatic carbocycles. The van der Waals surface area contributed by atoms with Gasteiger partial charge in [-0.25, -0.2) is 4.39 Å². The van der Waals surface area contributed by atoms with Crippen LogP contribution in [0.2, 0.25) is 0 Å². The lowest BCUT2D eigenvalue weighted by Crippen LogP contribution is -2.30. The maximum Gasteiger partial charge on any atom is 0.160 e. The normalized spacial score (nSPS) is 12.0. The van der Waals surface area contributed by atoms with Crippen LogP contribution in [0.4, 0.5) is 4.39 Å². The number of benzene rings is 2. The molecule has 4 nitrogen and oxygen atoms in total. The van der Waals surface area contributed by atoms with E-state index in [1.54, 1.807) is 32.4 Å². The predicted octanol–water partition coefficient (Wildman–Crippen LogP) is 2.59. The Morgan fingerprint density at radius 3 is 2.43 bits per heavy atom. The molecule has 21 heavy (non-hydrogen) atoms. The number of hydrazine groups is 1. The summed E-state index contributed by atoms with van der Waals surface area (Å²) in [4.78, 5) is 0. The van der Waals surface area contributed by atoms with Crippen LogP contribution in [0.1, 0.15) is 17.2 Å². The number of hydrogen-bond acceptors (Lipinski definition) is 4. The third-order valence-corrected chi connectivity index (χ3v) is 3.37. The highest BCUT2D eigenvalue weighted by molar-refractivity contribution is 5.43. The summed E-state index contributed by atoms with van der Waals surface area (Å²) < 4.78 is 24.3. The highest BCUT2D eigenvalue weighted by Crippen LogP contribution is 2.29. The summed E-state index contributed by atoms with van der Waals surface area (Å²) in [5.41, 5.74) is 4.17. The van der Waals surface area contributed by atoms with Gasteiger partial charge in [0.25, 0.3) is 0 Å². The molecule has 0 aromatic heterocycles. The van der Waals surface area contributed by atoms with Crippen LogP contribution in [0.25, 0.3) is 0 Å². The van der Waals surface area contributed by atoms with Crippen LogP contribution in [0.15, 0.2) is 42.5 Å². The van der Waals surface area contributed by atoms with Gasteiger partial charge in [0.15, 0.2) is 11.5 Å². The van der Waals surface area contributed by atoms with E-state index in [-0.39, 0.29) is 11.9 Å². The summed E-state index contributed by atoms with van der Waals surface area (Å²) in [6.07, 6.45) is 0.539. The first kappa shape index (κ1) is 15.3. The van der Waals surface area contributed by atoms with Crippen molar-refractivity contribution in [2.75, 3.05) is 14.2 Å². The second-order valence-corrected chi connectivity index (χ2v) is 4.63. The smallest absolute Gasteiger partial charge is 0.160 e. The van der Waals surface area contributed by atoms with E-state index in [0.717, 1.165) is 5.56 Å². The molecule has 2 aromatic rings. The van der Waals surface area contributed by atoms with E-state index in [1.807, 2.05) is 18.2 Å². The first-order chi connectivity index (χ1) is 10.2. The van der Waals surface area contributed by atoms with Crippen LogP contribution >= 0.6 is 0 Å². The van der Waals surface area contributed by atoms with Gasteiger partial charge < -0.3 is 9.47 Å². The third-order valence-electron chi connectivity index (χ3n) is 3.37. The molecule has 0 bridgehead atoms. The number of ether oxygens (including phenoxy) is 2. The third kappa shape index (κ3) is 3.51. The molecule has 0 spiro atoms. The lowest BCUT2D eigenvalue weighted by atomic mass is 9.98. The molecule has 0 aliphatic carbocycles. The van der Waals surface area contributed by atoms with Crippen molar-refractivity contribution in [3.05, 3.63) is 59.4 Å². The molecule has 0 saturated carbocycles. The van der Waals surface area contributed by atoms with Gasteiger partial charge in [-0.15, -0.1) is 0 Å². The molecule has 3 N–H and O–H groups in total. The quantitative estimate of drug-likeness (QED) is 0.634. The standard InChI is InChI=1S/C16H19FN2O2/c1-20-15-8-7-11(10-16(15)21-2)9-14(19-18)12-5-3-4-6-13(12)17/h3-8,10,14,19H,9,18H2,1-2H3. The zero-order valence-corrected chi connectivity index (χ0v) is 12.1. The van der Waals surface area contributed by atoms with Gasteiger partial charge in [-0.3, -0.25) is 11.3 Å². The highest BCUT2D eigenvalue weighted by Gasteiger charge is 2.15. The highest BCUT2D eigenvalue weighted by atomic mass is 19.1. The van der Waals surface area contributed by atoms with Crippen molar-refractivity contribution >= 4 is 0 Å². The van der Waals surface area contributed by atoms with Crippen molar-refractivity contribution in [3.8, 4) is 11.5 Å². The zero-order valence-electron chi connectivity index (χ0n) is 12.1. The van der Waals surface area contributed by atoms with Gasteiger partial charge in [-0.05, 0) is 30.2 Å². The molecule has 0 amide bonds. The van der Waals surface area contributed by atoms with Gasteiger partial charge >= 0.3 is 0 Å². The van der Waals surface area contributed by atoms with Crippen molar-refractivity contribution in [1.82, 2.24) is 5.43 Å². The van der Waals surface area contributed by atoms with Crippen LogP contribution in [-0.2, 0) is 6.42 Å². The summed E-state index contributed by atoms with van der Waals surface area (Å²) in [6.45, 7) is 0. The first-order valence-corrected chi connectivity index (χ1v) is 6.61. The fourth-order valence-corrected chi connectivity index (χ4v) is 2.26. The summed E-state index contributed by atoms with van der Waals surface area (Å²) in [5, 5.41) is 0. The molecular formula is C16H19FN2O2. The summed E-state index contributed by atoms with van der Waals surface area (Å²) in [6, 6.07) is 11.9. The second kappa shape index (κ2) is 7.06. The van der Waals surface area contributed by atoms with E-state index < -0.39 is 0 Å². The number of nitrogens with one attached hydrogen (secondary N) is 1. The summed E-state index contributed by atoms with van der Waals surface area (Å²) in [7, 11) is 3.16. The van der Waals surface area contributed by atoms with E-state index >= 15 is 0 Å². The average Bonchev–Trinajstić information content (AvgIpc) is 2.53. The summed E-state index contributed by atoms with van der Waals surface area (Å²) >= 11 is 0. The van der Waals surface area contributed by atoms with Crippen molar-refractivity contribution < 1.29 is 13.9 Å².